The number of benzene rings is 1. The van der Waals surface area contributed by atoms with Gasteiger partial charge in [-0.05, 0) is 56.0 Å². The Morgan fingerprint density at radius 3 is 2.74 bits per heavy atom. The predicted octanol–water partition coefficient (Wildman–Crippen LogP) is 2.82. The van der Waals surface area contributed by atoms with Gasteiger partial charge in [-0.25, -0.2) is 0 Å². The Morgan fingerprint density at radius 1 is 1.30 bits per heavy atom. The molecule has 5 heteroatoms. The Hall–Kier alpha value is -1.26. The first-order chi connectivity index (χ1) is 10.8. The van der Waals surface area contributed by atoms with Crippen molar-refractivity contribution < 1.29 is 9.53 Å². The monoisotopic (exact) mass is 338 g/mol. The lowest BCUT2D eigenvalue weighted by atomic mass is 9.98. The fourth-order valence-electron chi connectivity index (χ4n) is 3.58. The van der Waals surface area contributed by atoms with Crippen LogP contribution in [0.4, 0.5) is 0 Å². The van der Waals surface area contributed by atoms with Crippen molar-refractivity contribution in [2.45, 2.75) is 31.6 Å². The molecule has 1 aromatic carbocycles. The zero-order valence-corrected chi connectivity index (χ0v) is 14.6. The summed E-state index contributed by atoms with van der Waals surface area (Å²) in [6.07, 6.45) is 4.04. The van der Waals surface area contributed by atoms with Crippen LogP contribution >= 0.6 is 12.4 Å². The SMILES string of the molecule is COc1ccc(C2CCN(C(=O)CCC3CCNC3)C2)cc1.Cl. The maximum atomic E-state index is 12.4. The molecule has 1 aromatic rings. The van der Waals surface area contributed by atoms with Crippen molar-refractivity contribution in [2.24, 2.45) is 5.92 Å². The lowest BCUT2D eigenvalue weighted by Crippen LogP contribution is -2.28. The number of hydrogen-bond acceptors (Lipinski definition) is 3. The first-order valence-corrected chi connectivity index (χ1v) is 8.38. The van der Waals surface area contributed by atoms with Gasteiger partial charge >= 0.3 is 0 Å². The number of halogens is 1. The van der Waals surface area contributed by atoms with E-state index in [1.165, 1.54) is 12.0 Å². The quantitative estimate of drug-likeness (QED) is 0.897. The lowest BCUT2D eigenvalue weighted by Gasteiger charge is -2.18. The minimum absolute atomic E-state index is 0. The standard InChI is InChI=1S/C18H26N2O2.ClH/c1-22-17-5-3-15(4-6-17)16-9-11-20(13-16)18(21)7-2-14-8-10-19-12-14;/h3-6,14,16,19H,2,7-13H2,1H3;1H. The van der Waals surface area contributed by atoms with Crippen LogP contribution < -0.4 is 10.1 Å². The van der Waals surface area contributed by atoms with Crippen molar-refractivity contribution in [1.29, 1.82) is 0 Å². The molecule has 2 atom stereocenters. The van der Waals surface area contributed by atoms with Gasteiger partial charge in [-0.15, -0.1) is 12.4 Å². The van der Waals surface area contributed by atoms with Crippen molar-refractivity contribution in [3.63, 3.8) is 0 Å². The third-order valence-corrected chi connectivity index (χ3v) is 5.06. The maximum Gasteiger partial charge on any atom is 0.222 e. The van der Waals surface area contributed by atoms with Gasteiger partial charge in [0, 0.05) is 25.4 Å². The molecule has 0 spiro atoms. The minimum atomic E-state index is 0. The molecule has 0 aliphatic carbocycles. The van der Waals surface area contributed by atoms with Crippen LogP contribution in [0.5, 0.6) is 5.75 Å². The molecule has 2 saturated heterocycles. The van der Waals surface area contributed by atoms with Crippen LogP contribution in [0.3, 0.4) is 0 Å². The van der Waals surface area contributed by atoms with Crippen molar-refractivity contribution >= 4 is 18.3 Å². The fourth-order valence-corrected chi connectivity index (χ4v) is 3.58. The van der Waals surface area contributed by atoms with Crippen LogP contribution in [-0.2, 0) is 4.79 Å². The second-order valence-electron chi connectivity index (χ2n) is 6.50. The molecule has 2 unspecified atom stereocenters. The zero-order valence-electron chi connectivity index (χ0n) is 13.8. The molecule has 2 aliphatic rings. The number of likely N-dealkylation sites (tertiary alicyclic amines) is 1. The zero-order chi connectivity index (χ0) is 15.4. The molecule has 0 saturated carbocycles. The van der Waals surface area contributed by atoms with E-state index in [1.54, 1.807) is 7.11 Å². The highest BCUT2D eigenvalue weighted by Gasteiger charge is 2.27. The molecule has 0 bridgehead atoms. The van der Waals surface area contributed by atoms with Gasteiger partial charge in [0.2, 0.25) is 5.91 Å². The van der Waals surface area contributed by atoms with E-state index in [2.05, 4.69) is 22.3 Å². The number of nitrogens with zero attached hydrogens (tertiary/aromatic N) is 1. The van der Waals surface area contributed by atoms with Crippen molar-refractivity contribution in [2.75, 3.05) is 33.3 Å². The number of nitrogens with one attached hydrogen (secondary N) is 1. The van der Waals surface area contributed by atoms with Gasteiger partial charge in [0.1, 0.15) is 5.75 Å². The summed E-state index contributed by atoms with van der Waals surface area (Å²) in [4.78, 5) is 14.4. The largest absolute Gasteiger partial charge is 0.497 e. The molecule has 0 aromatic heterocycles. The molecule has 3 rings (SSSR count). The van der Waals surface area contributed by atoms with Gasteiger partial charge in [-0.2, -0.15) is 0 Å². The minimum Gasteiger partial charge on any atom is -0.497 e. The van der Waals surface area contributed by atoms with Crippen molar-refractivity contribution in [3.05, 3.63) is 29.8 Å². The Bertz CT molecular complexity index is 500. The summed E-state index contributed by atoms with van der Waals surface area (Å²) < 4.78 is 5.20. The van der Waals surface area contributed by atoms with Crippen LogP contribution in [0.15, 0.2) is 24.3 Å². The summed E-state index contributed by atoms with van der Waals surface area (Å²) in [5.41, 5.74) is 1.32. The van der Waals surface area contributed by atoms with Gasteiger partial charge in [-0.1, -0.05) is 12.1 Å². The van der Waals surface area contributed by atoms with Gasteiger partial charge < -0.3 is 15.0 Å². The summed E-state index contributed by atoms with van der Waals surface area (Å²) in [5.74, 6) is 2.40. The second-order valence-corrected chi connectivity index (χ2v) is 6.50. The topological polar surface area (TPSA) is 41.6 Å². The molecule has 128 valence electrons. The summed E-state index contributed by atoms with van der Waals surface area (Å²) in [6.45, 7) is 3.97. The Labute approximate surface area is 145 Å². The van der Waals surface area contributed by atoms with Crippen molar-refractivity contribution in [3.8, 4) is 5.75 Å². The highest BCUT2D eigenvalue weighted by Crippen LogP contribution is 2.29. The number of carbonyl (C=O) groups is 1. The summed E-state index contributed by atoms with van der Waals surface area (Å²) in [5, 5.41) is 3.37. The fraction of sp³-hybridized carbons (Fsp3) is 0.611. The van der Waals surface area contributed by atoms with Gasteiger partial charge in [0.05, 0.1) is 7.11 Å². The number of methoxy groups -OCH3 is 1. The van der Waals surface area contributed by atoms with E-state index in [4.69, 9.17) is 4.74 Å². The molecule has 4 nitrogen and oxygen atoms in total. The van der Waals surface area contributed by atoms with Crippen LogP contribution in [0.25, 0.3) is 0 Å². The summed E-state index contributed by atoms with van der Waals surface area (Å²) in [7, 11) is 1.69. The Morgan fingerprint density at radius 2 is 2.09 bits per heavy atom. The lowest BCUT2D eigenvalue weighted by molar-refractivity contribution is -0.130. The smallest absolute Gasteiger partial charge is 0.222 e. The molecule has 1 amide bonds. The molecular weight excluding hydrogens is 312 g/mol. The van der Waals surface area contributed by atoms with E-state index in [0.29, 0.717) is 24.2 Å². The highest BCUT2D eigenvalue weighted by molar-refractivity contribution is 5.85. The van der Waals surface area contributed by atoms with Gasteiger partial charge in [-0.3, -0.25) is 4.79 Å². The number of ether oxygens (including phenoxy) is 1. The number of amides is 1. The predicted molar refractivity (Wildman–Crippen MR) is 94.4 cm³/mol. The van der Waals surface area contributed by atoms with Gasteiger partial charge in [0.25, 0.3) is 0 Å². The highest BCUT2D eigenvalue weighted by atomic mass is 35.5. The van der Waals surface area contributed by atoms with E-state index >= 15 is 0 Å². The third kappa shape index (κ3) is 4.61. The van der Waals surface area contributed by atoms with Gasteiger partial charge in [0.15, 0.2) is 0 Å². The first-order valence-electron chi connectivity index (χ1n) is 8.38. The maximum absolute atomic E-state index is 12.4. The van der Waals surface area contributed by atoms with E-state index in [-0.39, 0.29) is 12.4 Å². The molecular formula is C18H27ClN2O2. The van der Waals surface area contributed by atoms with Crippen LogP contribution in [0, 0.1) is 5.92 Å². The van der Waals surface area contributed by atoms with Crippen molar-refractivity contribution in [1.82, 2.24) is 10.2 Å². The van der Waals surface area contributed by atoms with Crippen LogP contribution in [0.2, 0.25) is 0 Å². The van der Waals surface area contributed by atoms with Crippen LogP contribution in [-0.4, -0.2) is 44.1 Å². The van der Waals surface area contributed by atoms with E-state index in [9.17, 15) is 4.79 Å². The number of carbonyl (C=O) groups excluding carboxylic acids is 1. The first kappa shape index (κ1) is 18.1. The van der Waals surface area contributed by atoms with Crippen LogP contribution in [0.1, 0.15) is 37.2 Å². The molecule has 2 aliphatic heterocycles. The number of hydrogen-bond donors (Lipinski definition) is 1. The van der Waals surface area contributed by atoms with E-state index < -0.39 is 0 Å². The molecule has 0 radical (unpaired) electrons. The Balaban J connectivity index is 0.00000192. The normalized spacial score (nSPS) is 23.6. The third-order valence-electron chi connectivity index (χ3n) is 5.06. The summed E-state index contributed by atoms with van der Waals surface area (Å²) >= 11 is 0. The molecule has 1 N–H and O–H groups in total. The molecule has 23 heavy (non-hydrogen) atoms. The molecule has 2 heterocycles. The second kappa shape index (κ2) is 8.55. The number of rotatable bonds is 5. The average molecular weight is 339 g/mol. The molecule has 2 fully saturated rings. The van der Waals surface area contributed by atoms with E-state index in [1.807, 2.05) is 12.1 Å². The Kier molecular flexibility index (Phi) is 6.72. The van der Waals surface area contributed by atoms with E-state index in [0.717, 1.165) is 44.8 Å². The summed E-state index contributed by atoms with van der Waals surface area (Å²) in [6, 6.07) is 8.27. The average Bonchev–Trinajstić information content (AvgIpc) is 3.24.